The number of carboxylic acids is 1. The van der Waals surface area contributed by atoms with Crippen LogP contribution in [0.15, 0.2) is 0 Å². The Bertz CT molecular complexity index is 381. The lowest BCUT2D eigenvalue weighted by Crippen LogP contribution is -2.45. The number of aliphatic carboxylic acids is 1. The molecule has 3 aliphatic rings. The number of amides is 1. The van der Waals surface area contributed by atoms with E-state index >= 15 is 0 Å². The van der Waals surface area contributed by atoms with Gasteiger partial charge in [-0.05, 0) is 37.5 Å². The number of hydrogen-bond donors (Lipinski definition) is 1. The summed E-state index contributed by atoms with van der Waals surface area (Å²) in [5.41, 5.74) is 0. The Morgan fingerprint density at radius 1 is 1.10 bits per heavy atom. The number of hydrogen-bond acceptors (Lipinski definition) is 3. The molecule has 3 rings (SSSR count). The van der Waals surface area contributed by atoms with Gasteiger partial charge in [0.2, 0.25) is 5.91 Å². The van der Waals surface area contributed by atoms with Crippen molar-refractivity contribution in [1.82, 2.24) is 4.90 Å². The van der Waals surface area contributed by atoms with Crippen molar-refractivity contribution in [3.8, 4) is 0 Å². The molecule has 1 heterocycles. The lowest BCUT2D eigenvalue weighted by atomic mass is 10.0. The summed E-state index contributed by atoms with van der Waals surface area (Å²) in [5, 5.41) is 8.90. The Kier molecular flexibility index (Phi) is 3.96. The lowest BCUT2D eigenvalue weighted by Gasteiger charge is -2.34. The van der Waals surface area contributed by atoms with E-state index in [0.717, 1.165) is 12.8 Å². The summed E-state index contributed by atoms with van der Waals surface area (Å²) in [6.45, 7) is 1.72. The maximum absolute atomic E-state index is 12.7. The average Bonchev–Trinajstić information content (AvgIpc) is 2.92. The van der Waals surface area contributed by atoms with Gasteiger partial charge in [0.1, 0.15) is 0 Å². The fourth-order valence-electron chi connectivity index (χ4n) is 4.06. The van der Waals surface area contributed by atoms with E-state index in [9.17, 15) is 9.59 Å². The van der Waals surface area contributed by atoms with Crippen LogP contribution in [-0.4, -0.2) is 47.7 Å². The summed E-state index contributed by atoms with van der Waals surface area (Å²) in [6, 6.07) is 0.178. The minimum Gasteiger partial charge on any atom is -0.481 e. The highest BCUT2D eigenvalue weighted by Gasteiger charge is 2.57. The van der Waals surface area contributed by atoms with Gasteiger partial charge in [-0.2, -0.15) is 0 Å². The number of ether oxygens (including phenoxy) is 1. The third-order valence-corrected chi connectivity index (χ3v) is 5.17. The zero-order valence-electron chi connectivity index (χ0n) is 11.8. The van der Waals surface area contributed by atoms with E-state index in [1.165, 1.54) is 19.3 Å². The summed E-state index contributed by atoms with van der Waals surface area (Å²) >= 11 is 0. The predicted molar refractivity (Wildman–Crippen MR) is 72.1 cm³/mol. The van der Waals surface area contributed by atoms with Crippen molar-refractivity contribution in [1.29, 1.82) is 0 Å². The van der Waals surface area contributed by atoms with Crippen molar-refractivity contribution < 1.29 is 19.4 Å². The number of rotatable bonds is 5. The van der Waals surface area contributed by atoms with Crippen LogP contribution in [0.1, 0.15) is 38.5 Å². The first-order valence-electron chi connectivity index (χ1n) is 7.78. The molecule has 0 unspecified atom stereocenters. The first-order chi connectivity index (χ1) is 9.68. The van der Waals surface area contributed by atoms with Crippen LogP contribution in [0.4, 0.5) is 0 Å². The minimum atomic E-state index is -0.828. The van der Waals surface area contributed by atoms with E-state index < -0.39 is 5.97 Å². The predicted octanol–water partition coefficient (Wildman–Crippen LogP) is 1.51. The minimum absolute atomic E-state index is 0.0468. The van der Waals surface area contributed by atoms with Gasteiger partial charge in [-0.1, -0.05) is 6.42 Å². The van der Waals surface area contributed by atoms with Crippen LogP contribution in [0.3, 0.4) is 0 Å². The monoisotopic (exact) mass is 281 g/mol. The van der Waals surface area contributed by atoms with Crippen LogP contribution < -0.4 is 0 Å². The van der Waals surface area contributed by atoms with Crippen molar-refractivity contribution >= 4 is 11.9 Å². The van der Waals surface area contributed by atoms with E-state index in [4.69, 9.17) is 9.84 Å². The summed E-state index contributed by atoms with van der Waals surface area (Å²) in [6.07, 6.45) is 5.35. The SMILES string of the molecule is O=C(O)CCN(C(=O)C1[C@@H]2CCC[C@@H]12)C1CCOCC1. The summed E-state index contributed by atoms with van der Waals surface area (Å²) < 4.78 is 5.35. The van der Waals surface area contributed by atoms with Gasteiger partial charge in [-0.3, -0.25) is 9.59 Å². The van der Waals surface area contributed by atoms with Gasteiger partial charge in [0, 0.05) is 31.7 Å². The van der Waals surface area contributed by atoms with Gasteiger partial charge in [0.15, 0.2) is 0 Å². The Balaban J connectivity index is 1.64. The molecule has 1 aliphatic heterocycles. The highest BCUT2D eigenvalue weighted by molar-refractivity contribution is 5.83. The molecule has 2 atom stereocenters. The van der Waals surface area contributed by atoms with Crippen molar-refractivity contribution in [3.05, 3.63) is 0 Å². The van der Waals surface area contributed by atoms with Crippen LogP contribution in [0.5, 0.6) is 0 Å². The second-order valence-electron chi connectivity index (χ2n) is 6.30. The molecule has 112 valence electrons. The molecule has 0 bridgehead atoms. The second kappa shape index (κ2) is 5.72. The van der Waals surface area contributed by atoms with Crippen LogP contribution in [0, 0.1) is 17.8 Å². The standard InChI is InChI=1S/C15H23NO4/c17-13(18)4-7-16(10-5-8-20-9-6-10)15(19)14-11-2-1-3-12(11)14/h10-12,14H,1-9H2,(H,17,18)/t11-,12-/m1/s1. The molecule has 1 saturated heterocycles. The van der Waals surface area contributed by atoms with E-state index in [2.05, 4.69) is 0 Å². The number of nitrogens with zero attached hydrogens (tertiary/aromatic N) is 1. The quantitative estimate of drug-likeness (QED) is 0.829. The lowest BCUT2D eigenvalue weighted by molar-refractivity contribution is -0.141. The fraction of sp³-hybridized carbons (Fsp3) is 0.867. The van der Waals surface area contributed by atoms with Crippen LogP contribution in [0.25, 0.3) is 0 Å². The molecule has 5 nitrogen and oxygen atoms in total. The molecular weight excluding hydrogens is 258 g/mol. The van der Waals surface area contributed by atoms with E-state index in [1.54, 1.807) is 0 Å². The Morgan fingerprint density at radius 2 is 1.75 bits per heavy atom. The Hall–Kier alpha value is -1.10. The average molecular weight is 281 g/mol. The molecule has 0 aromatic carbocycles. The second-order valence-corrected chi connectivity index (χ2v) is 6.30. The third-order valence-electron chi connectivity index (χ3n) is 5.17. The number of carbonyl (C=O) groups is 2. The maximum atomic E-state index is 12.7. The molecule has 2 saturated carbocycles. The molecule has 0 aromatic rings. The summed E-state index contributed by atoms with van der Waals surface area (Å²) in [7, 11) is 0. The molecule has 0 radical (unpaired) electrons. The van der Waals surface area contributed by atoms with E-state index in [1.807, 2.05) is 4.90 Å². The molecule has 2 aliphatic carbocycles. The van der Waals surface area contributed by atoms with Gasteiger partial charge < -0.3 is 14.7 Å². The number of fused-ring (bicyclic) bond motifs is 1. The zero-order chi connectivity index (χ0) is 14.1. The molecule has 3 fully saturated rings. The Labute approximate surface area is 119 Å². The summed E-state index contributed by atoms with van der Waals surface area (Å²) in [5.74, 6) is 0.767. The summed E-state index contributed by atoms with van der Waals surface area (Å²) in [4.78, 5) is 25.4. The maximum Gasteiger partial charge on any atom is 0.305 e. The van der Waals surface area contributed by atoms with Crippen molar-refractivity contribution in [2.45, 2.75) is 44.6 Å². The largest absolute Gasteiger partial charge is 0.481 e. The van der Waals surface area contributed by atoms with Gasteiger partial charge in [0.25, 0.3) is 0 Å². The highest BCUT2D eigenvalue weighted by Crippen LogP contribution is 2.58. The normalized spacial score (nSPS) is 32.7. The third kappa shape index (κ3) is 2.68. The molecule has 5 heteroatoms. The number of carbonyl (C=O) groups excluding carboxylic acids is 1. The first kappa shape index (κ1) is 13.9. The van der Waals surface area contributed by atoms with Gasteiger partial charge in [-0.15, -0.1) is 0 Å². The van der Waals surface area contributed by atoms with Crippen molar-refractivity contribution in [2.24, 2.45) is 17.8 Å². The van der Waals surface area contributed by atoms with E-state index in [0.29, 0.717) is 31.6 Å². The van der Waals surface area contributed by atoms with Gasteiger partial charge in [-0.25, -0.2) is 0 Å². The molecule has 20 heavy (non-hydrogen) atoms. The van der Waals surface area contributed by atoms with Crippen LogP contribution >= 0.6 is 0 Å². The van der Waals surface area contributed by atoms with Crippen molar-refractivity contribution in [2.75, 3.05) is 19.8 Å². The molecule has 0 aromatic heterocycles. The molecular formula is C15H23NO4. The number of carboxylic acid groups (broad SMARTS) is 1. The fourth-order valence-corrected chi connectivity index (χ4v) is 4.06. The van der Waals surface area contributed by atoms with Crippen molar-refractivity contribution in [3.63, 3.8) is 0 Å². The Morgan fingerprint density at radius 3 is 2.35 bits per heavy atom. The van der Waals surface area contributed by atoms with Gasteiger partial charge in [0.05, 0.1) is 6.42 Å². The molecule has 0 spiro atoms. The van der Waals surface area contributed by atoms with Crippen LogP contribution in [0.2, 0.25) is 0 Å². The highest BCUT2D eigenvalue weighted by atomic mass is 16.5. The molecule has 1 N–H and O–H groups in total. The van der Waals surface area contributed by atoms with Gasteiger partial charge >= 0.3 is 5.97 Å². The smallest absolute Gasteiger partial charge is 0.305 e. The first-order valence-corrected chi connectivity index (χ1v) is 7.78. The van der Waals surface area contributed by atoms with E-state index in [-0.39, 0.29) is 24.3 Å². The molecule has 1 amide bonds. The van der Waals surface area contributed by atoms with Crippen LogP contribution in [-0.2, 0) is 14.3 Å². The zero-order valence-corrected chi connectivity index (χ0v) is 11.8. The topological polar surface area (TPSA) is 66.8 Å².